The van der Waals surface area contributed by atoms with Crippen molar-refractivity contribution in [2.24, 2.45) is 11.8 Å². The minimum absolute atomic E-state index is 0.680. The summed E-state index contributed by atoms with van der Waals surface area (Å²) in [6.45, 7) is 14.5. The molecule has 0 spiro atoms. The van der Waals surface area contributed by atoms with Gasteiger partial charge in [-0.1, -0.05) is 40.5 Å². The topological polar surface area (TPSA) is 18.5 Å². The van der Waals surface area contributed by atoms with Crippen LogP contribution in [0.1, 0.15) is 53.4 Å². The number of hydrogen-bond acceptors (Lipinski definition) is 3. The summed E-state index contributed by atoms with van der Waals surface area (Å²) in [6.07, 6.45) is 5.47. The van der Waals surface area contributed by atoms with Crippen LogP contribution in [0.3, 0.4) is 0 Å². The third-order valence-corrected chi connectivity index (χ3v) is 5.96. The van der Waals surface area contributed by atoms with Crippen LogP contribution in [0.4, 0.5) is 0 Å². The van der Waals surface area contributed by atoms with Gasteiger partial charge in [0.15, 0.2) is 0 Å². The summed E-state index contributed by atoms with van der Waals surface area (Å²) >= 11 is 0. The van der Waals surface area contributed by atoms with Crippen LogP contribution in [0.2, 0.25) is 0 Å². The quantitative estimate of drug-likeness (QED) is 0.841. The lowest BCUT2D eigenvalue weighted by Gasteiger charge is -2.47. The largest absolute Gasteiger partial charge is 0.311 e. The molecule has 0 aliphatic carbocycles. The van der Waals surface area contributed by atoms with Crippen molar-refractivity contribution in [1.82, 2.24) is 15.1 Å². The van der Waals surface area contributed by atoms with E-state index in [1.165, 1.54) is 51.9 Å². The molecule has 0 aromatic heterocycles. The van der Waals surface area contributed by atoms with Gasteiger partial charge in [0.25, 0.3) is 0 Å². The van der Waals surface area contributed by atoms with Crippen molar-refractivity contribution in [2.45, 2.75) is 71.5 Å². The first-order chi connectivity index (χ1) is 10.0. The first-order valence-electron chi connectivity index (χ1n) is 9.20. The highest BCUT2D eigenvalue weighted by atomic mass is 15.3. The lowest BCUT2D eigenvalue weighted by Crippen LogP contribution is -2.62. The average Bonchev–Trinajstić information content (AvgIpc) is 2.48. The Labute approximate surface area is 132 Å². The predicted octanol–water partition coefficient (Wildman–Crippen LogP) is 2.82. The molecule has 2 aliphatic rings. The van der Waals surface area contributed by atoms with Crippen LogP contribution < -0.4 is 5.32 Å². The predicted molar refractivity (Wildman–Crippen MR) is 91.7 cm³/mol. The van der Waals surface area contributed by atoms with Gasteiger partial charge in [-0.15, -0.1) is 0 Å². The number of likely N-dealkylation sites (N-methyl/N-ethyl adjacent to an activating group) is 1. The molecule has 3 nitrogen and oxygen atoms in total. The zero-order valence-corrected chi connectivity index (χ0v) is 14.9. The van der Waals surface area contributed by atoms with Crippen LogP contribution in [0.25, 0.3) is 0 Å². The zero-order valence-electron chi connectivity index (χ0n) is 14.9. The number of likely N-dealkylation sites (tertiary alicyclic amines) is 1. The first kappa shape index (κ1) is 17.2. The fourth-order valence-electron chi connectivity index (χ4n) is 4.03. The third-order valence-electron chi connectivity index (χ3n) is 5.96. The smallest absolute Gasteiger partial charge is 0.0245 e. The molecular weight excluding hydrogens is 258 g/mol. The Morgan fingerprint density at radius 2 is 1.95 bits per heavy atom. The number of rotatable bonds is 5. The van der Waals surface area contributed by atoms with E-state index in [1.807, 2.05) is 0 Å². The van der Waals surface area contributed by atoms with Gasteiger partial charge in [-0.05, 0) is 38.3 Å². The second kappa shape index (κ2) is 7.94. The minimum atomic E-state index is 0.680. The number of nitrogens with zero attached hydrogens (tertiary/aromatic N) is 2. The Kier molecular flexibility index (Phi) is 6.51. The van der Waals surface area contributed by atoms with Crippen LogP contribution in [0.15, 0.2) is 0 Å². The second-order valence-corrected chi connectivity index (χ2v) is 7.80. The van der Waals surface area contributed by atoms with Crippen LogP contribution in [-0.2, 0) is 0 Å². The maximum absolute atomic E-state index is 3.82. The highest BCUT2D eigenvalue weighted by Crippen LogP contribution is 2.23. The summed E-state index contributed by atoms with van der Waals surface area (Å²) in [7, 11) is 2.32. The number of hydrogen-bond donors (Lipinski definition) is 1. The summed E-state index contributed by atoms with van der Waals surface area (Å²) in [5.41, 5.74) is 0. The van der Waals surface area contributed by atoms with Gasteiger partial charge in [-0.2, -0.15) is 0 Å². The third kappa shape index (κ3) is 4.43. The van der Waals surface area contributed by atoms with E-state index in [2.05, 4.69) is 49.9 Å². The van der Waals surface area contributed by atoms with Crippen molar-refractivity contribution >= 4 is 0 Å². The SMILES string of the molecule is CCC(C)C1CN(CC2CCCCN2C)C(C(C)C)CN1. The maximum atomic E-state index is 3.82. The van der Waals surface area contributed by atoms with E-state index in [9.17, 15) is 0 Å². The molecule has 0 bridgehead atoms. The van der Waals surface area contributed by atoms with Crippen LogP contribution in [-0.4, -0.2) is 61.2 Å². The van der Waals surface area contributed by atoms with Gasteiger partial charge in [0.05, 0.1) is 0 Å². The lowest BCUT2D eigenvalue weighted by atomic mass is 9.91. The summed E-state index contributed by atoms with van der Waals surface area (Å²) < 4.78 is 0. The van der Waals surface area contributed by atoms with Crippen molar-refractivity contribution in [2.75, 3.05) is 33.2 Å². The van der Waals surface area contributed by atoms with E-state index < -0.39 is 0 Å². The molecule has 1 N–H and O–H groups in total. The Hall–Kier alpha value is -0.120. The number of nitrogens with one attached hydrogen (secondary N) is 1. The molecule has 2 rings (SSSR count). The molecule has 0 amide bonds. The summed E-state index contributed by atoms with van der Waals surface area (Å²) in [5, 5.41) is 3.82. The van der Waals surface area contributed by atoms with Crippen LogP contribution >= 0.6 is 0 Å². The van der Waals surface area contributed by atoms with E-state index in [0.29, 0.717) is 12.1 Å². The molecule has 4 unspecified atom stereocenters. The molecule has 2 aliphatic heterocycles. The average molecular weight is 296 g/mol. The summed E-state index contributed by atoms with van der Waals surface area (Å²) in [4.78, 5) is 5.41. The highest BCUT2D eigenvalue weighted by Gasteiger charge is 2.33. The van der Waals surface area contributed by atoms with Gasteiger partial charge < -0.3 is 10.2 Å². The van der Waals surface area contributed by atoms with E-state index in [-0.39, 0.29) is 0 Å². The molecular formula is C18H37N3. The van der Waals surface area contributed by atoms with Gasteiger partial charge in [0.2, 0.25) is 0 Å². The highest BCUT2D eigenvalue weighted by molar-refractivity contribution is 4.92. The van der Waals surface area contributed by atoms with Gasteiger partial charge in [-0.25, -0.2) is 0 Å². The van der Waals surface area contributed by atoms with Gasteiger partial charge >= 0.3 is 0 Å². The summed E-state index contributed by atoms with van der Waals surface area (Å²) in [5.74, 6) is 1.52. The van der Waals surface area contributed by atoms with Crippen molar-refractivity contribution < 1.29 is 0 Å². The van der Waals surface area contributed by atoms with Crippen molar-refractivity contribution in [3.8, 4) is 0 Å². The first-order valence-corrected chi connectivity index (χ1v) is 9.20. The zero-order chi connectivity index (χ0) is 15.4. The molecule has 124 valence electrons. The summed E-state index contributed by atoms with van der Waals surface area (Å²) in [6, 6.07) is 2.16. The monoisotopic (exact) mass is 295 g/mol. The fraction of sp³-hybridized carbons (Fsp3) is 1.00. The molecule has 2 saturated heterocycles. The molecule has 2 fully saturated rings. The maximum Gasteiger partial charge on any atom is 0.0245 e. The standard InChI is InChI=1S/C18H37N3/c1-6-15(4)17-13-21(18(11-19-17)14(2)3)12-16-9-7-8-10-20(16)5/h14-19H,6-13H2,1-5H3. The Balaban J connectivity index is 1.99. The molecule has 3 heteroatoms. The van der Waals surface area contributed by atoms with Gasteiger partial charge in [0, 0.05) is 37.8 Å². The van der Waals surface area contributed by atoms with Crippen LogP contribution in [0, 0.1) is 11.8 Å². The van der Waals surface area contributed by atoms with E-state index >= 15 is 0 Å². The lowest BCUT2D eigenvalue weighted by molar-refractivity contribution is 0.0445. The van der Waals surface area contributed by atoms with Gasteiger partial charge in [-0.3, -0.25) is 4.90 Å². The van der Waals surface area contributed by atoms with E-state index in [1.54, 1.807) is 0 Å². The van der Waals surface area contributed by atoms with Crippen molar-refractivity contribution in [3.05, 3.63) is 0 Å². The molecule has 0 saturated carbocycles. The van der Waals surface area contributed by atoms with Crippen molar-refractivity contribution in [3.63, 3.8) is 0 Å². The Morgan fingerprint density at radius 1 is 1.19 bits per heavy atom. The number of piperidine rings is 1. The van der Waals surface area contributed by atoms with Crippen LogP contribution in [0.5, 0.6) is 0 Å². The van der Waals surface area contributed by atoms with E-state index in [4.69, 9.17) is 0 Å². The normalized spacial score (nSPS) is 34.3. The molecule has 21 heavy (non-hydrogen) atoms. The molecule has 0 aromatic rings. The Bertz CT molecular complexity index is 305. The van der Waals surface area contributed by atoms with Gasteiger partial charge in [0.1, 0.15) is 0 Å². The van der Waals surface area contributed by atoms with Crippen molar-refractivity contribution in [1.29, 1.82) is 0 Å². The molecule has 0 aromatic carbocycles. The molecule has 4 atom stereocenters. The van der Waals surface area contributed by atoms with E-state index in [0.717, 1.165) is 17.9 Å². The second-order valence-electron chi connectivity index (χ2n) is 7.80. The Morgan fingerprint density at radius 3 is 2.57 bits per heavy atom. The number of piperazine rings is 1. The fourth-order valence-corrected chi connectivity index (χ4v) is 4.03. The molecule has 0 radical (unpaired) electrons. The minimum Gasteiger partial charge on any atom is -0.311 e. The molecule has 2 heterocycles.